The highest BCUT2D eigenvalue weighted by Gasteiger charge is 2.13. The number of hydrogen-bond donors (Lipinski definition) is 1. The van der Waals surface area contributed by atoms with E-state index in [1.807, 2.05) is 31.3 Å². The highest BCUT2D eigenvalue weighted by atomic mass is 35.5. The van der Waals surface area contributed by atoms with Gasteiger partial charge in [0.15, 0.2) is 5.82 Å². The van der Waals surface area contributed by atoms with Crippen LogP contribution in [0, 0.1) is 0 Å². The average molecular weight is 296 g/mol. The van der Waals surface area contributed by atoms with E-state index in [1.54, 1.807) is 7.11 Å². The molecule has 1 heterocycles. The summed E-state index contributed by atoms with van der Waals surface area (Å²) < 4.78 is 10.4. The fraction of sp³-hybridized carbons (Fsp3) is 0.429. The molecule has 108 valence electrons. The normalized spacial score (nSPS) is 12.6. The molecular formula is C14H18ClN3O2. The summed E-state index contributed by atoms with van der Waals surface area (Å²) in [6.45, 7) is 0.596. The smallest absolute Gasteiger partial charge is 0.228 e. The molecule has 0 saturated heterocycles. The van der Waals surface area contributed by atoms with Gasteiger partial charge < -0.3 is 14.6 Å². The Morgan fingerprint density at radius 2 is 2.20 bits per heavy atom. The molecule has 0 aliphatic heterocycles. The molecule has 1 N–H and O–H groups in total. The van der Waals surface area contributed by atoms with Gasteiger partial charge in [0.25, 0.3) is 0 Å². The van der Waals surface area contributed by atoms with E-state index >= 15 is 0 Å². The van der Waals surface area contributed by atoms with E-state index in [4.69, 9.17) is 20.9 Å². The summed E-state index contributed by atoms with van der Waals surface area (Å²) in [5.74, 6) is 1.24. The van der Waals surface area contributed by atoms with Gasteiger partial charge in [-0.25, -0.2) is 0 Å². The molecule has 1 aromatic heterocycles. The minimum absolute atomic E-state index is 0.161. The molecule has 1 unspecified atom stereocenters. The molecule has 2 rings (SSSR count). The third-order valence-electron chi connectivity index (χ3n) is 3.01. The van der Waals surface area contributed by atoms with Gasteiger partial charge in [-0.15, -0.1) is 0 Å². The van der Waals surface area contributed by atoms with E-state index in [1.165, 1.54) is 0 Å². The first-order valence-corrected chi connectivity index (χ1v) is 6.81. The second-order valence-electron chi connectivity index (χ2n) is 4.52. The van der Waals surface area contributed by atoms with E-state index in [-0.39, 0.29) is 6.04 Å². The zero-order chi connectivity index (χ0) is 14.4. The van der Waals surface area contributed by atoms with E-state index < -0.39 is 0 Å². The Bertz CT molecular complexity index is 545. The predicted molar refractivity (Wildman–Crippen MR) is 77.0 cm³/mol. The van der Waals surface area contributed by atoms with Crippen molar-refractivity contribution in [3.8, 4) is 0 Å². The van der Waals surface area contributed by atoms with Gasteiger partial charge in [-0.3, -0.25) is 0 Å². The van der Waals surface area contributed by atoms with Crippen LogP contribution in [0.15, 0.2) is 28.8 Å². The van der Waals surface area contributed by atoms with Crippen LogP contribution in [0.5, 0.6) is 0 Å². The topological polar surface area (TPSA) is 60.2 Å². The van der Waals surface area contributed by atoms with E-state index in [2.05, 4.69) is 15.5 Å². The molecule has 0 aliphatic rings. The molecule has 5 nitrogen and oxygen atoms in total. The molecule has 0 spiro atoms. The molecule has 0 amide bonds. The number of halogens is 1. The number of benzene rings is 1. The molecule has 1 aromatic carbocycles. The summed E-state index contributed by atoms with van der Waals surface area (Å²) in [5, 5.41) is 7.85. The Morgan fingerprint density at radius 3 is 2.90 bits per heavy atom. The molecule has 0 fully saturated rings. The number of aromatic nitrogens is 2. The second kappa shape index (κ2) is 7.38. The fourth-order valence-electron chi connectivity index (χ4n) is 1.91. The van der Waals surface area contributed by atoms with Crippen LogP contribution in [0.1, 0.15) is 17.3 Å². The predicted octanol–water partition coefficient (Wildman–Crippen LogP) is 2.09. The highest BCUT2D eigenvalue weighted by molar-refractivity contribution is 6.31. The van der Waals surface area contributed by atoms with Crippen molar-refractivity contribution in [1.82, 2.24) is 15.5 Å². The third kappa shape index (κ3) is 4.03. The first kappa shape index (κ1) is 15.0. The Labute approximate surface area is 123 Å². The summed E-state index contributed by atoms with van der Waals surface area (Å²) in [7, 11) is 3.55. The van der Waals surface area contributed by atoms with E-state index in [9.17, 15) is 0 Å². The van der Waals surface area contributed by atoms with Crippen molar-refractivity contribution < 1.29 is 9.26 Å². The largest absolute Gasteiger partial charge is 0.383 e. The maximum atomic E-state index is 6.12. The van der Waals surface area contributed by atoms with Crippen LogP contribution in [0.3, 0.4) is 0 Å². The van der Waals surface area contributed by atoms with Crippen molar-refractivity contribution in [3.63, 3.8) is 0 Å². The molecule has 1 atom stereocenters. The van der Waals surface area contributed by atoms with Crippen molar-refractivity contribution in [1.29, 1.82) is 0 Å². The number of ether oxygens (including phenoxy) is 1. The summed E-state index contributed by atoms with van der Waals surface area (Å²) in [6.07, 6.45) is 1.21. The van der Waals surface area contributed by atoms with Crippen LogP contribution in [-0.4, -0.2) is 36.9 Å². The molecule has 0 aliphatic carbocycles. The number of hydrogen-bond acceptors (Lipinski definition) is 5. The monoisotopic (exact) mass is 295 g/mol. The van der Waals surface area contributed by atoms with Gasteiger partial charge in [0.1, 0.15) is 0 Å². The van der Waals surface area contributed by atoms with Crippen LogP contribution in [0.4, 0.5) is 0 Å². The molecule has 6 heteroatoms. The number of nitrogens with zero attached hydrogens (tertiary/aromatic N) is 2. The van der Waals surface area contributed by atoms with Crippen molar-refractivity contribution in [2.24, 2.45) is 0 Å². The van der Waals surface area contributed by atoms with Gasteiger partial charge in [0.05, 0.1) is 6.61 Å². The average Bonchev–Trinajstić information content (AvgIpc) is 2.88. The van der Waals surface area contributed by atoms with Crippen LogP contribution in [-0.2, 0) is 17.6 Å². The minimum atomic E-state index is 0.161. The van der Waals surface area contributed by atoms with E-state index in [0.717, 1.165) is 5.56 Å². The number of rotatable bonds is 7. The maximum absolute atomic E-state index is 6.12. The Kier molecular flexibility index (Phi) is 5.52. The van der Waals surface area contributed by atoms with Gasteiger partial charge in [-0.1, -0.05) is 35.0 Å². The van der Waals surface area contributed by atoms with Gasteiger partial charge in [-0.2, -0.15) is 4.98 Å². The molecular weight excluding hydrogens is 278 g/mol. The SMILES string of the molecule is CNC(COC)Cc1nc(Cc2ccccc2Cl)no1. The van der Waals surface area contributed by atoms with Gasteiger partial charge in [0, 0.05) is 31.0 Å². The zero-order valence-corrected chi connectivity index (χ0v) is 12.4. The van der Waals surface area contributed by atoms with Crippen LogP contribution in [0.25, 0.3) is 0 Å². The van der Waals surface area contributed by atoms with Crippen LogP contribution in [0.2, 0.25) is 5.02 Å². The van der Waals surface area contributed by atoms with Crippen molar-refractivity contribution in [3.05, 3.63) is 46.6 Å². The minimum Gasteiger partial charge on any atom is -0.383 e. The third-order valence-corrected chi connectivity index (χ3v) is 3.38. The maximum Gasteiger partial charge on any atom is 0.228 e. The standard InChI is InChI=1S/C14H18ClN3O2/c1-16-11(9-19-2)8-14-17-13(18-20-14)7-10-5-3-4-6-12(10)15/h3-6,11,16H,7-9H2,1-2H3. The summed E-state index contributed by atoms with van der Waals surface area (Å²) >= 11 is 6.12. The summed E-state index contributed by atoms with van der Waals surface area (Å²) in [6, 6.07) is 7.81. The zero-order valence-electron chi connectivity index (χ0n) is 11.6. The van der Waals surface area contributed by atoms with Gasteiger partial charge in [-0.05, 0) is 18.7 Å². The number of methoxy groups -OCH3 is 1. The lowest BCUT2D eigenvalue weighted by atomic mass is 10.1. The van der Waals surface area contributed by atoms with Crippen molar-refractivity contribution in [2.75, 3.05) is 20.8 Å². The Balaban J connectivity index is 2.00. The number of likely N-dealkylation sites (N-methyl/N-ethyl adjacent to an activating group) is 1. The summed E-state index contributed by atoms with van der Waals surface area (Å²) in [4.78, 5) is 4.38. The van der Waals surface area contributed by atoms with E-state index in [0.29, 0.717) is 36.2 Å². The van der Waals surface area contributed by atoms with Crippen LogP contribution < -0.4 is 5.32 Å². The first-order valence-electron chi connectivity index (χ1n) is 6.44. The van der Waals surface area contributed by atoms with Crippen molar-refractivity contribution in [2.45, 2.75) is 18.9 Å². The van der Waals surface area contributed by atoms with Crippen molar-refractivity contribution >= 4 is 11.6 Å². The quantitative estimate of drug-likeness (QED) is 0.847. The second-order valence-corrected chi connectivity index (χ2v) is 4.92. The highest BCUT2D eigenvalue weighted by Crippen LogP contribution is 2.17. The molecule has 20 heavy (non-hydrogen) atoms. The molecule has 0 bridgehead atoms. The Morgan fingerprint density at radius 1 is 1.40 bits per heavy atom. The van der Waals surface area contributed by atoms with Crippen LogP contribution >= 0.6 is 11.6 Å². The molecule has 0 saturated carbocycles. The molecule has 2 aromatic rings. The lowest BCUT2D eigenvalue weighted by molar-refractivity contribution is 0.165. The Hall–Kier alpha value is -1.43. The number of nitrogens with one attached hydrogen (secondary N) is 1. The summed E-state index contributed by atoms with van der Waals surface area (Å²) in [5.41, 5.74) is 0.989. The molecule has 0 radical (unpaired) electrons. The first-order chi connectivity index (χ1) is 9.72. The van der Waals surface area contributed by atoms with Gasteiger partial charge >= 0.3 is 0 Å². The van der Waals surface area contributed by atoms with Gasteiger partial charge in [0.2, 0.25) is 5.89 Å². The lowest BCUT2D eigenvalue weighted by Gasteiger charge is -2.11. The lowest BCUT2D eigenvalue weighted by Crippen LogP contribution is -2.32. The fourth-order valence-corrected chi connectivity index (χ4v) is 2.12.